The summed E-state index contributed by atoms with van der Waals surface area (Å²) in [7, 11) is 3.06. The van der Waals surface area contributed by atoms with Gasteiger partial charge in [-0.25, -0.2) is 4.39 Å². The van der Waals surface area contributed by atoms with E-state index >= 15 is 0 Å². The molecule has 0 fully saturated rings. The van der Waals surface area contributed by atoms with Crippen LogP contribution in [0.3, 0.4) is 0 Å². The molecular weight excluding hydrogens is 426 g/mol. The summed E-state index contributed by atoms with van der Waals surface area (Å²) in [6.45, 7) is 0. The molecule has 0 amide bonds. The van der Waals surface area contributed by atoms with Crippen LogP contribution in [0.1, 0.15) is 16.5 Å². The second-order valence-electron chi connectivity index (χ2n) is 4.26. The third-order valence-electron chi connectivity index (χ3n) is 3.01. The minimum Gasteiger partial charge on any atom is -0.496 e. The lowest BCUT2D eigenvalue weighted by atomic mass is 10.0. The van der Waals surface area contributed by atoms with Crippen molar-refractivity contribution in [2.24, 2.45) is 0 Å². The van der Waals surface area contributed by atoms with E-state index < -0.39 is 11.2 Å². The monoisotopic (exact) mass is 436 g/mol. The van der Waals surface area contributed by atoms with Gasteiger partial charge >= 0.3 is 0 Å². The van der Waals surface area contributed by atoms with Crippen LogP contribution in [0.25, 0.3) is 0 Å². The zero-order valence-electron chi connectivity index (χ0n) is 11.3. The first-order valence-electron chi connectivity index (χ1n) is 5.98. The first-order valence-corrected chi connectivity index (χ1v) is 8.00. The van der Waals surface area contributed by atoms with Crippen molar-refractivity contribution < 1.29 is 13.9 Å². The predicted molar refractivity (Wildman–Crippen MR) is 89.0 cm³/mol. The summed E-state index contributed by atoms with van der Waals surface area (Å²) >= 11 is 13.1. The van der Waals surface area contributed by atoms with Crippen LogP contribution in [0, 0.1) is 5.82 Å². The summed E-state index contributed by atoms with van der Waals surface area (Å²) in [4.78, 5) is 0. The van der Waals surface area contributed by atoms with E-state index in [1.807, 2.05) is 18.2 Å². The highest BCUT2D eigenvalue weighted by Gasteiger charge is 2.21. The number of benzene rings is 2. The van der Waals surface area contributed by atoms with E-state index in [1.165, 1.54) is 13.2 Å². The Bertz CT molecular complexity index is 664. The summed E-state index contributed by atoms with van der Waals surface area (Å²) in [6, 6.07) is 8.48. The molecule has 0 N–H and O–H groups in total. The molecule has 0 radical (unpaired) electrons. The largest absolute Gasteiger partial charge is 0.496 e. The molecule has 2 rings (SSSR count). The molecule has 0 aliphatic carbocycles. The number of ether oxygens (including phenoxy) is 2. The van der Waals surface area contributed by atoms with E-state index in [0.717, 1.165) is 10.0 Å². The van der Waals surface area contributed by atoms with Gasteiger partial charge in [0.1, 0.15) is 17.3 Å². The predicted octanol–water partition coefficient (Wildman–Crippen LogP) is 5.70. The second kappa shape index (κ2) is 6.99. The lowest BCUT2D eigenvalue weighted by Gasteiger charge is -2.18. The Balaban J connectivity index is 2.54. The van der Waals surface area contributed by atoms with E-state index in [2.05, 4.69) is 31.9 Å². The van der Waals surface area contributed by atoms with Crippen LogP contribution in [0.15, 0.2) is 39.3 Å². The minimum atomic E-state index is -0.528. The molecule has 0 aliphatic heterocycles. The van der Waals surface area contributed by atoms with Crippen molar-refractivity contribution in [2.45, 2.75) is 5.38 Å². The number of alkyl halides is 1. The van der Waals surface area contributed by atoms with Crippen molar-refractivity contribution in [3.63, 3.8) is 0 Å². The average Bonchev–Trinajstić information content (AvgIpc) is 2.48. The maximum absolute atomic E-state index is 13.6. The minimum absolute atomic E-state index is 0.333. The van der Waals surface area contributed by atoms with Gasteiger partial charge < -0.3 is 9.47 Å². The van der Waals surface area contributed by atoms with Gasteiger partial charge in [0.05, 0.1) is 24.1 Å². The number of rotatable bonds is 4. The van der Waals surface area contributed by atoms with Gasteiger partial charge in [0.25, 0.3) is 0 Å². The molecule has 0 aliphatic rings. The molecule has 2 nitrogen and oxygen atoms in total. The van der Waals surface area contributed by atoms with E-state index in [9.17, 15) is 4.39 Å². The van der Waals surface area contributed by atoms with Gasteiger partial charge in [0.2, 0.25) is 0 Å². The fourth-order valence-electron chi connectivity index (χ4n) is 1.98. The van der Waals surface area contributed by atoms with Gasteiger partial charge in [0.15, 0.2) is 0 Å². The van der Waals surface area contributed by atoms with Crippen LogP contribution >= 0.6 is 43.5 Å². The molecule has 0 heterocycles. The molecule has 112 valence electrons. The smallest absolute Gasteiger partial charge is 0.141 e. The summed E-state index contributed by atoms with van der Waals surface area (Å²) < 4.78 is 25.4. The Labute approximate surface area is 144 Å². The summed E-state index contributed by atoms with van der Waals surface area (Å²) in [5.41, 5.74) is 1.44. The zero-order valence-corrected chi connectivity index (χ0v) is 15.2. The Hall–Kier alpha value is -0.780. The molecule has 2 aromatic carbocycles. The van der Waals surface area contributed by atoms with Gasteiger partial charge in [-0.05, 0) is 34.1 Å². The number of halogens is 4. The Morgan fingerprint density at radius 2 is 1.62 bits per heavy atom. The van der Waals surface area contributed by atoms with Crippen molar-refractivity contribution in [3.05, 3.63) is 56.2 Å². The van der Waals surface area contributed by atoms with Crippen LogP contribution < -0.4 is 9.47 Å². The first-order chi connectivity index (χ1) is 9.97. The van der Waals surface area contributed by atoms with Crippen molar-refractivity contribution in [3.8, 4) is 11.5 Å². The normalized spacial score (nSPS) is 12.1. The molecule has 1 atom stereocenters. The van der Waals surface area contributed by atoms with Crippen LogP contribution in [0.5, 0.6) is 11.5 Å². The molecule has 0 aromatic heterocycles. The molecule has 0 bridgehead atoms. The maximum Gasteiger partial charge on any atom is 0.141 e. The molecule has 0 saturated heterocycles. The fourth-order valence-corrected chi connectivity index (χ4v) is 3.03. The standard InChI is InChI=1S/C15H12Br2ClFO2/c1-20-13-5-8(16)3-4-9(13)15(18)10-6-11(17)12(19)7-14(10)21-2/h3-7,15H,1-2H3. The fraction of sp³-hybridized carbons (Fsp3) is 0.200. The van der Waals surface area contributed by atoms with Crippen molar-refractivity contribution in [2.75, 3.05) is 14.2 Å². The van der Waals surface area contributed by atoms with Crippen molar-refractivity contribution in [1.29, 1.82) is 0 Å². The second-order valence-corrected chi connectivity index (χ2v) is 6.46. The van der Waals surface area contributed by atoms with Gasteiger partial charge in [-0.2, -0.15) is 0 Å². The van der Waals surface area contributed by atoms with E-state index in [1.54, 1.807) is 13.2 Å². The molecule has 2 aromatic rings. The zero-order chi connectivity index (χ0) is 15.6. The Morgan fingerprint density at radius 1 is 1.00 bits per heavy atom. The molecule has 0 saturated carbocycles. The molecule has 6 heteroatoms. The van der Waals surface area contributed by atoms with E-state index in [0.29, 0.717) is 21.5 Å². The Morgan fingerprint density at radius 3 is 2.24 bits per heavy atom. The molecule has 0 spiro atoms. The third-order valence-corrected chi connectivity index (χ3v) is 4.59. The van der Waals surface area contributed by atoms with Crippen LogP contribution in [-0.2, 0) is 0 Å². The number of methoxy groups -OCH3 is 2. The van der Waals surface area contributed by atoms with Crippen LogP contribution in [0.2, 0.25) is 0 Å². The average molecular weight is 439 g/mol. The van der Waals surface area contributed by atoms with Gasteiger partial charge in [-0.15, -0.1) is 11.6 Å². The Kier molecular flexibility index (Phi) is 5.52. The van der Waals surface area contributed by atoms with Gasteiger partial charge in [-0.1, -0.05) is 22.0 Å². The lowest BCUT2D eigenvalue weighted by molar-refractivity contribution is 0.402. The summed E-state index contributed by atoms with van der Waals surface area (Å²) in [5, 5.41) is -0.528. The molecular formula is C15H12Br2ClFO2. The van der Waals surface area contributed by atoms with E-state index in [-0.39, 0.29) is 0 Å². The van der Waals surface area contributed by atoms with Crippen LogP contribution in [0.4, 0.5) is 4.39 Å². The summed E-state index contributed by atoms with van der Waals surface area (Å²) in [6.07, 6.45) is 0. The van der Waals surface area contributed by atoms with Crippen molar-refractivity contribution in [1.82, 2.24) is 0 Å². The first kappa shape index (κ1) is 16.6. The number of hydrogen-bond acceptors (Lipinski definition) is 2. The highest BCUT2D eigenvalue weighted by Crippen LogP contribution is 2.41. The van der Waals surface area contributed by atoms with Gasteiger partial charge in [-0.3, -0.25) is 0 Å². The van der Waals surface area contributed by atoms with E-state index in [4.69, 9.17) is 21.1 Å². The van der Waals surface area contributed by atoms with Gasteiger partial charge in [0, 0.05) is 21.7 Å². The number of hydrogen-bond donors (Lipinski definition) is 0. The SMILES string of the molecule is COc1cc(Br)ccc1C(Cl)c1cc(Br)c(F)cc1OC. The highest BCUT2D eigenvalue weighted by atomic mass is 79.9. The maximum atomic E-state index is 13.6. The van der Waals surface area contributed by atoms with Crippen LogP contribution in [-0.4, -0.2) is 14.2 Å². The van der Waals surface area contributed by atoms with Crippen molar-refractivity contribution >= 4 is 43.5 Å². The molecule has 21 heavy (non-hydrogen) atoms. The molecule has 1 unspecified atom stereocenters. The summed E-state index contributed by atoms with van der Waals surface area (Å²) in [5.74, 6) is 0.634. The quantitative estimate of drug-likeness (QED) is 0.571. The highest BCUT2D eigenvalue weighted by molar-refractivity contribution is 9.10. The lowest BCUT2D eigenvalue weighted by Crippen LogP contribution is -2.01. The third kappa shape index (κ3) is 3.52. The topological polar surface area (TPSA) is 18.5 Å².